The van der Waals surface area contributed by atoms with Gasteiger partial charge in [0.2, 0.25) is 0 Å². The van der Waals surface area contributed by atoms with Crippen molar-refractivity contribution in [1.29, 1.82) is 0 Å². The predicted octanol–water partition coefficient (Wildman–Crippen LogP) is 2.45. The summed E-state index contributed by atoms with van der Waals surface area (Å²) in [6.07, 6.45) is 0.740. The first-order valence-corrected chi connectivity index (χ1v) is 5.96. The van der Waals surface area contributed by atoms with Gasteiger partial charge in [-0.25, -0.2) is 4.79 Å². The molecule has 1 atom stereocenters. The molecule has 0 fully saturated rings. The van der Waals surface area contributed by atoms with Crippen molar-refractivity contribution in [3.05, 3.63) is 6.42 Å². The minimum absolute atomic E-state index is 0.449. The third-order valence-corrected chi connectivity index (χ3v) is 1.54. The summed E-state index contributed by atoms with van der Waals surface area (Å²) in [7, 11) is 0. The highest BCUT2D eigenvalue weighted by Crippen LogP contribution is 2.10. The van der Waals surface area contributed by atoms with Gasteiger partial charge in [0.25, 0.3) is 0 Å². The van der Waals surface area contributed by atoms with E-state index in [0.717, 1.165) is 0 Å². The lowest BCUT2D eigenvalue weighted by Crippen LogP contribution is -2.39. The molecule has 1 amide bonds. The number of alkyl carbamates (subject to hydrolysis) is 1. The molecule has 5 heteroatoms. The van der Waals surface area contributed by atoms with Crippen molar-refractivity contribution in [2.45, 2.75) is 65.7 Å². The van der Waals surface area contributed by atoms with E-state index in [-0.39, 0.29) is 0 Å². The Bertz CT molecular complexity index is 269. The molecule has 5 nitrogen and oxygen atoms in total. The Hall–Kier alpha value is -1.26. The first-order valence-electron chi connectivity index (χ1n) is 5.96. The number of carbonyl (C=O) groups excluding carboxylic acids is 2. The monoisotopic (exact) mass is 258 g/mol. The van der Waals surface area contributed by atoms with Crippen molar-refractivity contribution in [3.63, 3.8) is 0 Å². The zero-order valence-electron chi connectivity index (χ0n) is 12.3. The average molecular weight is 258 g/mol. The smallest absolute Gasteiger partial charge is 0.407 e. The zero-order chi connectivity index (χ0) is 14.6. The van der Waals surface area contributed by atoms with E-state index in [9.17, 15) is 9.59 Å². The quantitative estimate of drug-likeness (QED) is 0.790. The van der Waals surface area contributed by atoms with Gasteiger partial charge in [0.05, 0.1) is 6.42 Å². The summed E-state index contributed by atoms with van der Waals surface area (Å²) in [6.45, 7) is 12.3. The Morgan fingerprint density at radius 2 is 1.44 bits per heavy atom. The SMILES string of the molecule is C[C@@H]([CH]C(=O)OC(C)(C)C)NC(=O)OC(C)(C)C. The van der Waals surface area contributed by atoms with E-state index in [2.05, 4.69) is 5.32 Å². The van der Waals surface area contributed by atoms with Crippen LogP contribution in [-0.2, 0) is 14.3 Å². The van der Waals surface area contributed by atoms with Gasteiger partial charge in [-0.2, -0.15) is 0 Å². The number of carbonyl (C=O) groups is 2. The van der Waals surface area contributed by atoms with Crippen LogP contribution in [-0.4, -0.2) is 29.3 Å². The molecule has 0 saturated heterocycles. The van der Waals surface area contributed by atoms with Gasteiger partial charge in [-0.15, -0.1) is 0 Å². The zero-order valence-corrected chi connectivity index (χ0v) is 12.3. The van der Waals surface area contributed by atoms with E-state index >= 15 is 0 Å². The molecule has 105 valence electrons. The second-order valence-corrected chi connectivity index (χ2v) is 6.14. The van der Waals surface area contributed by atoms with Crippen LogP contribution in [0.4, 0.5) is 4.79 Å². The molecule has 0 heterocycles. The topological polar surface area (TPSA) is 64.6 Å². The van der Waals surface area contributed by atoms with Crippen LogP contribution in [0.15, 0.2) is 0 Å². The van der Waals surface area contributed by atoms with Gasteiger partial charge in [-0.1, -0.05) is 0 Å². The Morgan fingerprint density at radius 1 is 1.00 bits per heavy atom. The highest BCUT2D eigenvalue weighted by atomic mass is 16.6. The maximum Gasteiger partial charge on any atom is 0.407 e. The fraction of sp³-hybridized carbons (Fsp3) is 0.769. The molecule has 0 aromatic rings. The number of esters is 1. The Morgan fingerprint density at radius 3 is 1.83 bits per heavy atom. The van der Waals surface area contributed by atoms with Crippen LogP contribution in [0.5, 0.6) is 0 Å². The van der Waals surface area contributed by atoms with Gasteiger partial charge >= 0.3 is 12.1 Å². The van der Waals surface area contributed by atoms with Crippen LogP contribution in [0.3, 0.4) is 0 Å². The maximum atomic E-state index is 11.5. The van der Waals surface area contributed by atoms with Gasteiger partial charge in [0.1, 0.15) is 11.2 Å². The molecule has 0 unspecified atom stereocenters. The van der Waals surface area contributed by atoms with Gasteiger partial charge in [0.15, 0.2) is 0 Å². The molecule has 0 saturated carbocycles. The van der Waals surface area contributed by atoms with Crippen LogP contribution in [0.1, 0.15) is 48.5 Å². The van der Waals surface area contributed by atoms with Gasteiger partial charge < -0.3 is 14.8 Å². The van der Waals surface area contributed by atoms with Gasteiger partial charge in [-0.05, 0) is 48.5 Å². The minimum Gasteiger partial charge on any atom is -0.460 e. The van der Waals surface area contributed by atoms with Gasteiger partial charge in [0, 0.05) is 6.04 Å². The summed E-state index contributed by atoms with van der Waals surface area (Å²) in [5.41, 5.74) is -1.10. The number of hydrogen-bond donors (Lipinski definition) is 1. The van der Waals surface area contributed by atoms with Crippen molar-refractivity contribution in [1.82, 2.24) is 5.32 Å². The van der Waals surface area contributed by atoms with Crippen LogP contribution in [0.2, 0.25) is 0 Å². The Balaban J connectivity index is 4.08. The average Bonchev–Trinajstić information content (AvgIpc) is 1.92. The van der Waals surface area contributed by atoms with Crippen LogP contribution < -0.4 is 5.32 Å². The lowest BCUT2D eigenvalue weighted by atomic mass is 10.2. The van der Waals surface area contributed by atoms with Crippen molar-refractivity contribution < 1.29 is 19.1 Å². The summed E-state index contributed by atoms with van der Waals surface area (Å²) in [6, 6.07) is -0.449. The normalized spacial score (nSPS) is 13.7. The fourth-order valence-electron chi connectivity index (χ4n) is 1.08. The standard InChI is InChI=1S/C13H24NO4/c1-9(8-10(15)17-12(2,3)4)14-11(16)18-13(5,6)7/h8-9H,1-7H3,(H,14,16)/t9-/m0/s1. The van der Waals surface area contributed by atoms with Crippen LogP contribution in [0.25, 0.3) is 0 Å². The highest BCUT2D eigenvalue weighted by molar-refractivity contribution is 5.81. The molecule has 0 rings (SSSR count). The predicted molar refractivity (Wildman–Crippen MR) is 69.0 cm³/mol. The largest absolute Gasteiger partial charge is 0.460 e. The van der Waals surface area contributed by atoms with E-state index in [1.54, 1.807) is 48.5 Å². The van der Waals surface area contributed by atoms with Crippen LogP contribution >= 0.6 is 0 Å². The van der Waals surface area contributed by atoms with Crippen molar-refractivity contribution in [3.8, 4) is 0 Å². The Labute approximate surface area is 109 Å². The number of amides is 1. The van der Waals surface area contributed by atoms with Gasteiger partial charge in [-0.3, -0.25) is 4.79 Å². The molecule has 1 N–H and O–H groups in total. The summed E-state index contributed by atoms with van der Waals surface area (Å²) >= 11 is 0. The summed E-state index contributed by atoms with van der Waals surface area (Å²) in [5, 5.41) is 2.54. The summed E-state index contributed by atoms with van der Waals surface area (Å²) in [4.78, 5) is 22.9. The number of rotatable bonds is 3. The van der Waals surface area contributed by atoms with E-state index in [1.165, 1.54) is 6.42 Å². The molecule has 0 aromatic carbocycles. The van der Waals surface area contributed by atoms with E-state index in [1.807, 2.05) is 0 Å². The number of ether oxygens (including phenoxy) is 2. The molecular weight excluding hydrogens is 234 g/mol. The second kappa shape index (κ2) is 6.07. The third-order valence-electron chi connectivity index (χ3n) is 1.54. The molecule has 0 bridgehead atoms. The Kier molecular flexibility index (Phi) is 5.64. The maximum absolute atomic E-state index is 11.5. The first-order chi connectivity index (χ1) is 7.89. The minimum atomic E-state index is -0.560. The molecule has 0 aromatic heterocycles. The summed E-state index contributed by atoms with van der Waals surface area (Å²) < 4.78 is 10.2. The highest BCUT2D eigenvalue weighted by Gasteiger charge is 2.22. The third kappa shape index (κ3) is 9.93. The number of hydrogen-bond acceptors (Lipinski definition) is 4. The lowest BCUT2D eigenvalue weighted by Gasteiger charge is -2.23. The molecule has 0 aliphatic carbocycles. The second-order valence-electron chi connectivity index (χ2n) is 6.14. The number of nitrogens with one attached hydrogen (secondary N) is 1. The van der Waals surface area contributed by atoms with Crippen molar-refractivity contribution >= 4 is 12.1 Å². The summed E-state index contributed by atoms with van der Waals surface area (Å²) in [5.74, 6) is -0.467. The van der Waals surface area contributed by atoms with E-state index < -0.39 is 29.3 Å². The molecule has 1 radical (unpaired) electrons. The van der Waals surface area contributed by atoms with Crippen LogP contribution in [0, 0.1) is 6.42 Å². The first kappa shape index (κ1) is 16.7. The van der Waals surface area contributed by atoms with E-state index in [4.69, 9.17) is 9.47 Å². The fourth-order valence-corrected chi connectivity index (χ4v) is 1.08. The molecule has 0 aliphatic heterocycles. The molecule has 0 aliphatic rings. The molecule has 18 heavy (non-hydrogen) atoms. The van der Waals surface area contributed by atoms with E-state index in [0.29, 0.717) is 0 Å². The lowest BCUT2D eigenvalue weighted by molar-refractivity contribution is -0.150. The molecular formula is C13H24NO4. The van der Waals surface area contributed by atoms with Crippen molar-refractivity contribution in [2.24, 2.45) is 0 Å². The van der Waals surface area contributed by atoms with Crippen molar-refractivity contribution in [2.75, 3.05) is 0 Å². The molecule has 0 spiro atoms.